The molecular formula is C12H15N3O2. The van der Waals surface area contributed by atoms with Gasteiger partial charge < -0.3 is 10.2 Å². The molecule has 0 spiro atoms. The van der Waals surface area contributed by atoms with E-state index in [4.69, 9.17) is 0 Å². The number of nitrogens with one attached hydrogen (secondary N) is 2. The van der Waals surface area contributed by atoms with Crippen LogP contribution in [0.15, 0.2) is 24.3 Å². The Morgan fingerprint density at radius 1 is 1.41 bits per heavy atom. The first-order valence-electron chi connectivity index (χ1n) is 5.45. The van der Waals surface area contributed by atoms with Crippen LogP contribution in [0.5, 0.6) is 0 Å². The third-order valence-electron chi connectivity index (χ3n) is 2.93. The summed E-state index contributed by atoms with van der Waals surface area (Å²) in [4.78, 5) is 24.8. The fourth-order valence-electron chi connectivity index (χ4n) is 1.96. The highest BCUT2D eigenvalue weighted by Gasteiger charge is 2.34. The Morgan fingerprint density at radius 3 is 2.82 bits per heavy atom. The van der Waals surface area contributed by atoms with Crippen molar-refractivity contribution in [3.05, 3.63) is 29.8 Å². The van der Waals surface area contributed by atoms with E-state index < -0.39 is 6.04 Å². The number of hydrogen-bond acceptors (Lipinski definition) is 3. The van der Waals surface area contributed by atoms with Crippen molar-refractivity contribution < 1.29 is 9.59 Å². The molecule has 0 radical (unpaired) electrons. The van der Waals surface area contributed by atoms with Crippen LogP contribution >= 0.6 is 0 Å². The molecule has 1 aromatic rings. The van der Waals surface area contributed by atoms with Crippen molar-refractivity contribution in [2.24, 2.45) is 0 Å². The van der Waals surface area contributed by atoms with E-state index in [1.54, 1.807) is 19.0 Å². The molecule has 1 aliphatic heterocycles. The number of benzene rings is 1. The van der Waals surface area contributed by atoms with E-state index in [9.17, 15) is 9.59 Å². The number of nitrogens with zero attached hydrogens (tertiary/aromatic N) is 1. The van der Waals surface area contributed by atoms with Crippen LogP contribution in [0.25, 0.3) is 0 Å². The fourth-order valence-corrected chi connectivity index (χ4v) is 1.96. The Hall–Kier alpha value is -1.88. The molecule has 0 saturated heterocycles. The molecule has 1 unspecified atom stereocenters. The second-order valence-electron chi connectivity index (χ2n) is 3.94. The van der Waals surface area contributed by atoms with Crippen LogP contribution in [0.3, 0.4) is 0 Å². The Bertz CT molecular complexity index is 459. The molecule has 0 aliphatic carbocycles. The minimum Gasteiger partial charge on any atom is -0.358 e. The molecule has 0 aromatic heterocycles. The van der Waals surface area contributed by atoms with E-state index >= 15 is 0 Å². The normalized spacial score (nSPS) is 18.1. The summed E-state index contributed by atoms with van der Waals surface area (Å²) in [6.45, 7) is 0.134. The first-order valence-corrected chi connectivity index (χ1v) is 5.45. The zero-order chi connectivity index (χ0) is 12.4. The topological polar surface area (TPSA) is 61.4 Å². The summed E-state index contributed by atoms with van der Waals surface area (Å²) in [6, 6.07) is 7.16. The number of likely N-dealkylation sites (N-methyl/N-ethyl adjacent to an activating group) is 2. The summed E-state index contributed by atoms with van der Waals surface area (Å²) in [5, 5.41) is 5.48. The van der Waals surface area contributed by atoms with E-state index in [0.29, 0.717) is 0 Å². The third-order valence-corrected chi connectivity index (χ3v) is 2.93. The number of para-hydroxylation sites is 1. The van der Waals surface area contributed by atoms with Crippen LogP contribution in [0, 0.1) is 0 Å². The van der Waals surface area contributed by atoms with Crippen LogP contribution in [0.2, 0.25) is 0 Å². The van der Waals surface area contributed by atoms with E-state index in [1.807, 2.05) is 24.3 Å². The minimum absolute atomic E-state index is 0.0323. The van der Waals surface area contributed by atoms with Crippen molar-refractivity contribution in [2.45, 2.75) is 6.04 Å². The zero-order valence-electron chi connectivity index (χ0n) is 9.86. The van der Waals surface area contributed by atoms with Crippen LogP contribution in [-0.2, 0) is 9.59 Å². The van der Waals surface area contributed by atoms with Crippen molar-refractivity contribution in [1.29, 1.82) is 0 Å². The summed E-state index contributed by atoms with van der Waals surface area (Å²) in [7, 11) is 3.31. The largest absolute Gasteiger partial charge is 0.358 e. The van der Waals surface area contributed by atoms with E-state index in [1.165, 1.54) is 0 Å². The Balaban J connectivity index is 2.18. The van der Waals surface area contributed by atoms with E-state index in [-0.39, 0.29) is 18.4 Å². The number of anilines is 1. The number of carbonyl (C=O) groups is 2. The van der Waals surface area contributed by atoms with Gasteiger partial charge in [0, 0.05) is 25.3 Å². The molecule has 1 aromatic carbocycles. The molecule has 1 heterocycles. The van der Waals surface area contributed by atoms with Crippen molar-refractivity contribution in [2.75, 3.05) is 25.5 Å². The number of rotatable bonds is 3. The molecule has 2 amide bonds. The molecule has 0 bridgehead atoms. The molecule has 5 nitrogen and oxygen atoms in total. The van der Waals surface area contributed by atoms with Crippen molar-refractivity contribution >= 4 is 17.5 Å². The summed E-state index contributed by atoms with van der Waals surface area (Å²) >= 11 is 0. The second-order valence-corrected chi connectivity index (χ2v) is 3.94. The maximum Gasteiger partial charge on any atom is 0.248 e. The Kier molecular flexibility index (Phi) is 3.10. The van der Waals surface area contributed by atoms with Gasteiger partial charge in [-0.05, 0) is 6.07 Å². The fraction of sp³-hybridized carbons (Fsp3) is 0.333. The zero-order valence-corrected chi connectivity index (χ0v) is 9.86. The highest BCUT2D eigenvalue weighted by atomic mass is 16.2. The number of hydrogen-bond donors (Lipinski definition) is 2. The number of amides is 2. The van der Waals surface area contributed by atoms with Gasteiger partial charge in [-0.15, -0.1) is 0 Å². The number of carbonyl (C=O) groups excluding carboxylic acids is 2. The first-order chi connectivity index (χ1) is 8.15. The lowest BCUT2D eigenvalue weighted by molar-refractivity contribution is -0.121. The SMILES string of the molecule is CNC(=O)CNC1C(=O)N(C)c2ccccc21. The molecule has 0 fully saturated rings. The summed E-state index contributed by atoms with van der Waals surface area (Å²) in [5.41, 5.74) is 1.82. The van der Waals surface area contributed by atoms with Gasteiger partial charge in [0.15, 0.2) is 0 Å². The van der Waals surface area contributed by atoms with Gasteiger partial charge in [0.2, 0.25) is 11.8 Å². The van der Waals surface area contributed by atoms with Crippen LogP contribution in [-0.4, -0.2) is 32.5 Å². The smallest absolute Gasteiger partial charge is 0.248 e. The first kappa shape index (κ1) is 11.6. The van der Waals surface area contributed by atoms with Gasteiger partial charge in [-0.2, -0.15) is 0 Å². The predicted molar refractivity (Wildman–Crippen MR) is 64.7 cm³/mol. The Labute approximate surface area is 99.8 Å². The highest BCUT2D eigenvalue weighted by molar-refractivity contribution is 6.04. The van der Waals surface area contributed by atoms with Gasteiger partial charge in [0.05, 0.1) is 6.54 Å². The Morgan fingerprint density at radius 2 is 2.12 bits per heavy atom. The molecule has 2 rings (SSSR count). The van der Waals surface area contributed by atoms with Gasteiger partial charge in [-0.25, -0.2) is 0 Å². The van der Waals surface area contributed by atoms with Crippen LogP contribution in [0.4, 0.5) is 5.69 Å². The van der Waals surface area contributed by atoms with E-state index in [0.717, 1.165) is 11.3 Å². The summed E-state index contributed by atoms with van der Waals surface area (Å²) in [6.07, 6.45) is 0. The molecule has 1 aliphatic rings. The second kappa shape index (κ2) is 4.55. The predicted octanol–water partition coefficient (Wildman–Crippen LogP) is 0.0397. The van der Waals surface area contributed by atoms with Crippen molar-refractivity contribution in [1.82, 2.24) is 10.6 Å². The highest BCUT2D eigenvalue weighted by Crippen LogP contribution is 2.34. The van der Waals surface area contributed by atoms with Crippen molar-refractivity contribution in [3.8, 4) is 0 Å². The van der Waals surface area contributed by atoms with Crippen LogP contribution in [0.1, 0.15) is 11.6 Å². The van der Waals surface area contributed by atoms with Gasteiger partial charge in [-0.3, -0.25) is 14.9 Å². The lowest BCUT2D eigenvalue weighted by Crippen LogP contribution is -2.38. The molecule has 90 valence electrons. The summed E-state index contributed by atoms with van der Waals surface area (Å²) < 4.78 is 0. The average Bonchev–Trinajstić information content (AvgIpc) is 2.60. The van der Waals surface area contributed by atoms with Gasteiger partial charge in [0.25, 0.3) is 0 Å². The standard InChI is InChI=1S/C12H15N3O2/c1-13-10(16)7-14-11-8-5-3-4-6-9(8)15(2)12(11)17/h3-6,11,14H,7H2,1-2H3,(H,13,16). The lowest BCUT2D eigenvalue weighted by Gasteiger charge is -2.12. The average molecular weight is 233 g/mol. The summed E-state index contributed by atoms with van der Waals surface area (Å²) in [5.74, 6) is -0.167. The van der Waals surface area contributed by atoms with Gasteiger partial charge >= 0.3 is 0 Å². The number of fused-ring (bicyclic) bond motifs is 1. The van der Waals surface area contributed by atoms with E-state index in [2.05, 4.69) is 10.6 Å². The molecule has 2 N–H and O–H groups in total. The van der Waals surface area contributed by atoms with Gasteiger partial charge in [0.1, 0.15) is 6.04 Å². The minimum atomic E-state index is -0.423. The maximum atomic E-state index is 12.0. The maximum absolute atomic E-state index is 12.0. The molecule has 1 atom stereocenters. The van der Waals surface area contributed by atoms with Gasteiger partial charge in [-0.1, -0.05) is 18.2 Å². The third kappa shape index (κ3) is 2.01. The van der Waals surface area contributed by atoms with Crippen LogP contribution < -0.4 is 15.5 Å². The lowest BCUT2D eigenvalue weighted by atomic mass is 10.1. The molecule has 5 heteroatoms. The monoisotopic (exact) mass is 233 g/mol. The molecular weight excluding hydrogens is 218 g/mol. The van der Waals surface area contributed by atoms with Crippen molar-refractivity contribution in [3.63, 3.8) is 0 Å². The molecule has 0 saturated carbocycles. The quantitative estimate of drug-likeness (QED) is 0.775. The molecule has 17 heavy (non-hydrogen) atoms.